The maximum atomic E-state index is 12.3. The maximum absolute atomic E-state index is 12.3. The predicted molar refractivity (Wildman–Crippen MR) is 106 cm³/mol. The highest BCUT2D eigenvalue weighted by atomic mass is 16.1. The quantitative estimate of drug-likeness (QED) is 0.701. The molecule has 138 valence electrons. The summed E-state index contributed by atoms with van der Waals surface area (Å²) in [6.45, 7) is 3.30. The van der Waals surface area contributed by atoms with Gasteiger partial charge in [0.25, 0.3) is 5.91 Å². The molecule has 0 saturated heterocycles. The average Bonchev–Trinajstić information content (AvgIpc) is 2.72. The van der Waals surface area contributed by atoms with Crippen LogP contribution >= 0.6 is 0 Å². The molecule has 0 aliphatic carbocycles. The Balaban J connectivity index is 1.54. The van der Waals surface area contributed by atoms with Crippen LogP contribution in [0.1, 0.15) is 27.2 Å². The number of pyridine rings is 1. The van der Waals surface area contributed by atoms with Gasteiger partial charge in [-0.3, -0.25) is 9.78 Å². The van der Waals surface area contributed by atoms with E-state index in [4.69, 9.17) is 0 Å². The molecule has 2 aromatic heterocycles. The van der Waals surface area contributed by atoms with Crippen molar-refractivity contribution in [3.8, 4) is 0 Å². The summed E-state index contributed by atoms with van der Waals surface area (Å²) in [5.74, 6) is 0.510. The first-order valence-corrected chi connectivity index (χ1v) is 8.90. The van der Waals surface area contributed by atoms with Gasteiger partial charge in [0.2, 0.25) is 0 Å². The van der Waals surface area contributed by atoms with Crippen LogP contribution in [0, 0.1) is 6.92 Å². The summed E-state index contributed by atoms with van der Waals surface area (Å²) in [4.78, 5) is 18.3. The van der Waals surface area contributed by atoms with Crippen molar-refractivity contribution in [2.45, 2.75) is 19.9 Å². The Hall–Kier alpha value is -3.28. The van der Waals surface area contributed by atoms with Gasteiger partial charge in [-0.05, 0) is 54.3 Å². The number of nitrogens with one attached hydrogen (secondary N) is 1. The summed E-state index contributed by atoms with van der Waals surface area (Å²) in [5, 5.41) is 11.2. The summed E-state index contributed by atoms with van der Waals surface area (Å²) in [6.07, 6.45) is 4.47. The molecule has 0 saturated carbocycles. The molecule has 2 heterocycles. The molecule has 27 heavy (non-hydrogen) atoms. The number of hydrogen-bond acceptors (Lipinski definition) is 5. The van der Waals surface area contributed by atoms with E-state index in [2.05, 4.69) is 20.5 Å². The number of likely N-dealkylation sites (N-methyl/N-ethyl adjacent to an activating group) is 1. The second kappa shape index (κ2) is 8.89. The van der Waals surface area contributed by atoms with Crippen molar-refractivity contribution in [2.75, 3.05) is 18.5 Å². The van der Waals surface area contributed by atoms with E-state index in [1.54, 1.807) is 18.5 Å². The summed E-state index contributed by atoms with van der Waals surface area (Å²) in [5.41, 5.74) is 3.77. The van der Waals surface area contributed by atoms with Crippen molar-refractivity contribution >= 4 is 11.7 Å². The molecule has 0 atom stereocenters. The Bertz CT molecular complexity index is 881. The molecule has 3 rings (SSSR count). The van der Waals surface area contributed by atoms with Gasteiger partial charge >= 0.3 is 0 Å². The zero-order valence-corrected chi connectivity index (χ0v) is 15.6. The van der Waals surface area contributed by atoms with Gasteiger partial charge in [0.1, 0.15) is 0 Å². The second-order valence-corrected chi connectivity index (χ2v) is 6.41. The van der Waals surface area contributed by atoms with Crippen molar-refractivity contribution in [1.82, 2.24) is 20.5 Å². The molecule has 0 bridgehead atoms. The molecule has 6 heteroatoms. The largest absolute Gasteiger partial charge is 0.358 e. The Morgan fingerprint density at radius 1 is 1.04 bits per heavy atom. The zero-order valence-electron chi connectivity index (χ0n) is 15.6. The molecule has 0 fully saturated rings. The lowest BCUT2D eigenvalue weighted by molar-refractivity contribution is 0.0945. The molecule has 0 unspecified atom stereocenters. The third kappa shape index (κ3) is 5.10. The predicted octanol–water partition coefficient (Wildman–Crippen LogP) is 2.79. The fourth-order valence-electron chi connectivity index (χ4n) is 2.69. The molecule has 3 aromatic rings. The Labute approximate surface area is 159 Å². The minimum absolute atomic E-state index is 0.225. The first-order chi connectivity index (χ1) is 13.1. The van der Waals surface area contributed by atoms with E-state index in [9.17, 15) is 4.79 Å². The first kappa shape index (κ1) is 18.5. The normalized spacial score (nSPS) is 10.4. The van der Waals surface area contributed by atoms with Crippen LogP contribution < -0.4 is 10.2 Å². The van der Waals surface area contributed by atoms with Gasteiger partial charge in [0.05, 0.1) is 0 Å². The molecule has 0 spiro atoms. The number of anilines is 1. The lowest BCUT2D eigenvalue weighted by Gasteiger charge is -2.17. The molecule has 0 aliphatic rings. The number of aryl methyl sites for hydroxylation is 1. The number of carbonyl (C=O) groups excluding carboxylic acids is 1. The number of carbonyl (C=O) groups is 1. The SMILES string of the molecule is Cc1ccccc1CNC(=O)c1ccc(N(C)CCc2ccncc2)nn1. The second-order valence-electron chi connectivity index (χ2n) is 6.41. The van der Waals surface area contributed by atoms with E-state index in [0.29, 0.717) is 12.2 Å². The minimum Gasteiger partial charge on any atom is -0.358 e. The van der Waals surface area contributed by atoms with Gasteiger partial charge in [-0.1, -0.05) is 24.3 Å². The van der Waals surface area contributed by atoms with Crippen LogP contribution in [-0.2, 0) is 13.0 Å². The van der Waals surface area contributed by atoms with Crippen LogP contribution in [0.2, 0.25) is 0 Å². The monoisotopic (exact) mass is 361 g/mol. The Morgan fingerprint density at radius 3 is 2.52 bits per heavy atom. The number of nitrogens with zero attached hydrogens (tertiary/aromatic N) is 4. The van der Waals surface area contributed by atoms with Crippen molar-refractivity contribution < 1.29 is 4.79 Å². The molecular formula is C21H23N5O. The van der Waals surface area contributed by atoms with Crippen molar-refractivity contribution in [3.05, 3.63) is 83.3 Å². The number of amides is 1. The first-order valence-electron chi connectivity index (χ1n) is 8.90. The standard InChI is InChI=1S/C21H23N5O/c1-16-5-3-4-6-18(16)15-23-21(27)19-7-8-20(25-24-19)26(2)14-11-17-9-12-22-13-10-17/h3-10,12-13H,11,14-15H2,1-2H3,(H,23,27). The lowest BCUT2D eigenvalue weighted by Crippen LogP contribution is -2.26. The number of benzene rings is 1. The van der Waals surface area contributed by atoms with Gasteiger partial charge < -0.3 is 10.2 Å². The van der Waals surface area contributed by atoms with Gasteiger partial charge in [-0.15, -0.1) is 10.2 Å². The highest BCUT2D eigenvalue weighted by molar-refractivity contribution is 5.92. The Kier molecular flexibility index (Phi) is 6.10. The topological polar surface area (TPSA) is 71.0 Å². The molecule has 0 radical (unpaired) electrons. The van der Waals surface area contributed by atoms with Crippen molar-refractivity contribution in [2.24, 2.45) is 0 Å². The third-order valence-electron chi connectivity index (χ3n) is 4.46. The summed E-state index contributed by atoms with van der Waals surface area (Å²) in [7, 11) is 1.96. The third-order valence-corrected chi connectivity index (χ3v) is 4.46. The summed E-state index contributed by atoms with van der Waals surface area (Å²) >= 11 is 0. The highest BCUT2D eigenvalue weighted by Crippen LogP contribution is 2.10. The van der Waals surface area contributed by atoms with Crippen LogP contribution in [0.5, 0.6) is 0 Å². The Morgan fingerprint density at radius 2 is 1.81 bits per heavy atom. The van der Waals surface area contributed by atoms with Crippen LogP contribution in [-0.4, -0.2) is 34.7 Å². The smallest absolute Gasteiger partial charge is 0.272 e. The van der Waals surface area contributed by atoms with E-state index in [-0.39, 0.29) is 5.91 Å². The summed E-state index contributed by atoms with van der Waals surface area (Å²) in [6, 6.07) is 15.5. The van der Waals surface area contributed by atoms with E-state index < -0.39 is 0 Å². The van der Waals surface area contributed by atoms with Crippen molar-refractivity contribution in [1.29, 1.82) is 0 Å². The van der Waals surface area contributed by atoms with E-state index in [0.717, 1.165) is 29.9 Å². The number of aromatic nitrogens is 3. The number of hydrogen-bond donors (Lipinski definition) is 1. The number of rotatable bonds is 7. The van der Waals surface area contributed by atoms with Crippen molar-refractivity contribution in [3.63, 3.8) is 0 Å². The molecule has 0 aliphatic heterocycles. The molecule has 1 amide bonds. The molecule has 1 aromatic carbocycles. The molecular weight excluding hydrogens is 338 g/mol. The summed E-state index contributed by atoms with van der Waals surface area (Å²) < 4.78 is 0. The van der Waals surface area contributed by atoms with Crippen LogP contribution in [0.4, 0.5) is 5.82 Å². The van der Waals surface area contributed by atoms with Crippen LogP contribution in [0.15, 0.2) is 60.9 Å². The highest BCUT2D eigenvalue weighted by Gasteiger charge is 2.10. The maximum Gasteiger partial charge on any atom is 0.272 e. The van der Waals surface area contributed by atoms with E-state index in [1.807, 2.05) is 61.3 Å². The average molecular weight is 361 g/mol. The fourth-order valence-corrected chi connectivity index (χ4v) is 2.69. The molecule has 1 N–H and O–H groups in total. The zero-order chi connectivity index (χ0) is 19.1. The fraction of sp³-hybridized carbons (Fsp3) is 0.238. The lowest BCUT2D eigenvalue weighted by atomic mass is 10.1. The van der Waals surface area contributed by atoms with Crippen LogP contribution in [0.25, 0.3) is 0 Å². The van der Waals surface area contributed by atoms with E-state index >= 15 is 0 Å². The van der Waals surface area contributed by atoms with E-state index in [1.165, 1.54) is 5.56 Å². The van der Waals surface area contributed by atoms with Crippen LogP contribution in [0.3, 0.4) is 0 Å². The minimum atomic E-state index is -0.225. The van der Waals surface area contributed by atoms with Gasteiger partial charge in [-0.2, -0.15) is 0 Å². The molecule has 6 nitrogen and oxygen atoms in total. The van der Waals surface area contributed by atoms with Gasteiger partial charge in [-0.25, -0.2) is 0 Å². The van der Waals surface area contributed by atoms with Gasteiger partial charge in [0, 0.05) is 32.5 Å². The van der Waals surface area contributed by atoms with Gasteiger partial charge in [0.15, 0.2) is 11.5 Å².